The van der Waals surface area contributed by atoms with Crippen LogP contribution in [0.3, 0.4) is 0 Å². The molecular weight excluding hydrogens is 300 g/mol. The molecule has 128 valence electrons. The first kappa shape index (κ1) is 17.8. The molecule has 0 saturated carbocycles. The first-order chi connectivity index (χ1) is 10.7. The van der Waals surface area contributed by atoms with E-state index in [1.54, 1.807) is 0 Å². The van der Waals surface area contributed by atoms with Gasteiger partial charge in [-0.2, -0.15) is 0 Å². The van der Waals surface area contributed by atoms with Gasteiger partial charge in [-0.05, 0) is 26.3 Å². The lowest BCUT2D eigenvalue weighted by Gasteiger charge is -2.31. The Bertz CT molecular complexity index is 534. The minimum atomic E-state index is -2.79. The maximum absolute atomic E-state index is 13.1. The van der Waals surface area contributed by atoms with Crippen molar-refractivity contribution in [3.63, 3.8) is 0 Å². The number of nitrogens with one attached hydrogen (secondary N) is 3. The Morgan fingerprint density at radius 1 is 1.39 bits per heavy atom. The summed E-state index contributed by atoms with van der Waals surface area (Å²) in [6, 6.07) is 9.31. The van der Waals surface area contributed by atoms with E-state index >= 15 is 0 Å². The van der Waals surface area contributed by atoms with Crippen molar-refractivity contribution in [2.45, 2.75) is 50.7 Å². The average Bonchev–Trinajstić information content (AvgIpc) is 2.85. The third kappa shape index (κ3) is 5.25. The molecule has 1 aromatic carbocycles. The third-order valence-corrected chi connectivity index (χ3v) is 4.04. The van der Waals surface area contributed by atoms with Gasteiger partial charge in [0.25, 0.3) is 5.92 Å². The molecule has 0 aromatic heterocycles. The molecule has 0 bridgehead atoms. The van der Waals surface area contributed by atoms with Gasteiger partial charge in [0.15, 0.2) is 0 Å². The summed E-state index contributed by atoms with van der Waals surface area (Å²) in [6.07, 6.45) is -0.437. The van der Waals surface area contributed by atoms with E-state index in [9.17, 15) is 13.6 Å². The summed E-state index contributed by atoms with van der Waals surface area (Å²) < 4.78 is 26.3. The Morgan fingerprint density at radius 3 is 2.61 bits per heavy atom. The van der Waals surface area contributed by atoms with Gasteiger partial charge in [0, 0.05) is 24.5 Å². The zero-order valence-electron chi connectivity index (χ0n) is 13.8. The fraction of sp³-hybridized carbons (Fsp3) is 0.588. The molecule has 4 nitrogen and oxygen atoms in total. The molecule has 23 heavy (non-hydrogen) atoms. The molecular formula is C17H25F2N3O. The summed E-state index contributed by atoms with van der Waals surface area (Å²) in [5.74, 6) is -3.16. The zero-order chi connectivity index (χ0) is 17.1. The number of amides is 1. The van der Waals surface area contributed by atoms with E-state index < -0.39 is 24.9 Å². The molecule has 0 spiro atoms. The van der Waals surface area contributed by atoms with Crippen LogP contribution in [-0.4, -0.2) is 36.5 Å². The van der Waals surface area contributed by atoms with E-state index in [4.69, 9.17) is 0 Å². The van der Waals surface area contributed by atoms with Gasteiger partial charge in [-0.3, -0.25) is 10.1 Å². The average molecular weight is 325 g/mol. The standard InChI is InChI=1S/C17H25F2N3O/c1-12(13-7-5-4-6-8-13)22-16(2,3)10-21-15(23)14-9-17(18,19)11-20-14/h4-8,12,14,20,22H,9-11H2,1-3H3,(H,21,23). The highest BCUT2D eigenvalue weighted by Gasteiger charge is 2.42. The monoisotopic (exact) mass is 325 g/mol. The first-order valence-electron chi connectivity index (χ1n) is 7.90. The van der Waals surface area contributed by atoms with E-state index in [0.29, 0.717) is 6.54 Å². The van der Waals surface area contributed by atoms with Crippen molar-refractivity contribution in [3.8, 4) is 0 Å². The van der Waals surface area contributed by atoms with Crippen molar-refractivity contribution in [2.24, 2.45) is 0 Å². The predicted octanol–water partition coefficient (Wildman–Crippen LogP) is 2.23. The SMILES string of the molecule is CC(NC(C)(C)CNC(=O)C1CC(F)(F)CN1)c1ccccc1. The summed E-state index contributed by atoms with van der Waals surface area (Å²) in [5.41, 5.74) is 0.801. The van der Waals surface area contributed by atoms with E-state index in [1.165, 1.54) is 0 Å². The Labute approximate surface area is 136 Å². The second-order valence-corrected chi connectivity index (χ2v) is 6.87. The molecule has 3 N–H and O–H groups in total. The number of rotatable bonds is 6. The summed E-state index contributed by atoms with van der Waals surface area (Å²) in [6.45, 7) is 5.94. The smallest absolute Gasteiger partial charge is 0.262 e. The van der Waals surface area contributed by atoms with Crippen molar-refractivity contribution in [2.75, 3.05) is 13.1 Å². The van der Waals surface area contributed by atoms with Crippen LogP contribution < -0.4 is 16.0 Å². The number of halogens is 2. The van der Waals surface area contributed by atoms with E-state index in [-0.39, 0.29) is 17.5 Å². The molecule has 1 amide bonds. The van der Waals surface area contributed by atoms with Crippen molar-refractivity contribution < 1.29 is 13.6 Å². The molecule has 0 aliphatic carbocycles. The van der Waals surface area contributed by atoms with Crippen LogP contribution in [0, 0.1) is 0 Å². The normalized spacial score (nSPS) is 21.9. The highest BCUT2D eigenvalue weighted by atomic mass is 19.3. The highest BCUT2D eigenvalue weighted by Crippen LogP contribution is 2.25. The zero-order valence-corrected chi connectivity index (χ0v) is 13.8. The van der Waals surface area contributed by atoms with Crippen LogP contribution in [0.5, 0.6) is 0 Å². The quantitative estimate of drug-likeness (QED) is 0.752. The summed E-state index contributed by atoms with van der Waals surface area (Å²) in [7, 11) is 0. The molecule has 1 aromatic rings. The molecule has 2 unspecified atom stereocenters. The van der Waals surface area contributed by atoms with Gasteiger partial charge in [-0.15, -0.1) is 0 Å². The fourth-order valence-electron chi connectivity index (χ4n) is 2.79. The number of benzene rings is 1. The second kappa shape index (κ2) is 6.93. The summed E-state index contributed by atoms with van der Waals surface area (Å²) in [5, 5.41) is 8.78. The third-order valence-electron chi connectivity index (χ3n) is 4.04. The molecule has 2 rings (SSSR count). The van der Waals surface area contributed by atoms with Gasteiger partial charge in [0.05, 0.1) is 12.6 Å². The van der Waals surface area contributed by atoms with Crippen LogP contribution in [0.4, 0.5) is 8.78 Å². The lowest BCUT2D eigenvalue weighted by Crippen LogP contribution is -2.52. The lowest BCUT2D eigenvalue weighted by molar-refractivity contribution is -0.123. The Balaban J connectivity index is 1.83. The van der Waals surface area contributed by atoms with Crippen molar-refractivity contribution in [1.82, 2.24) is 16.0 Å². The van der Waals surface area contributed by atoms with E-state index in [1.807, 2.05) is 44.2 Å². The largest absolute Gasteiger partial charge is 0.353 e. The predicted molar refractivity (Wildman–Crippen MR) is 86.4 cm³/mol. The van der Waals surface area contributed by atoms with E-state index in [2.05, 4.69) is 22.9 Å². The van der Waals surface area contributed by atoms with Crippen molar-refractivity contribution in [1.29, 1.82) is 0 Å². The Kier molecular flexibility index (Phi) is 5.37. The maximum atomic E-state index is 13.1. The van der Waals surface area contributed by atoms with Crippen LogP contribution in [0.2, 0.25) is 0 Å². The van der Waals surface area contributed by atoms with Gasteiger partial charge < -0.3 is 10.6 Å². The number of carbonyl (C=O) groups excluding carboxylic acids is 1. The molecule has 1 saturated heterocycles. The van der Waals surface area contributed by atoms with Gasteiger partial charge in [-0.1, -0.05) is 30.3 Å². The van der Waals surface area contributed by atoms with Gasteiger partial charge in [0.2, 0.25) is 5.91 Å². The minimum Gasteiger partial charge on any atom is -0.353 e. The number of carbonyl (C=O) groups is 1. The lowest BCUT2D eigenvalue weighted by atomic mass is 10.0. The topological polar surface area (TPSA) is 53.2 Å². The van der Waals surface area contributed by atoms with Gasteiger partial charge in [-0.25, -0.2) is 8.78 Å². The maximum Gasteiger partial charge on any atom is 0.262 e. The van der Waals surface area contributed by atoms with Crippen LogP contribution in [0.1, 0.15) is 38.8 Å². The van der Waals surface area contributed by atoms with Crippen molar-refractivity contribution >= 4 is 5.91 Å². The van der Waals surface area contributed by atoms with Crippen LogP contribution in [-0.2, 0) is 4.79 Å². The van der Waals surface area contributed by atoms with Gasteiger partial charge >= 0.3 is 0 Å². The summed E-state index contributed by atoms with van der Waals surface area (Å²) in [4.78, 5) is 12.0. The van der Waals surface area contributed by atoms with E-state index in [0.717, 1.165) is 5.56 Å². The van der Waals surface area contributed by atoms with Crippen molar-refractivity contribution in [3.05, 3.63) is 35.9 Å². The van der Waals surface area contributed by atoms with Crippen LogP contribution >= 0.6 is 0 Å². The first-order valence-corrected chi connectivity index (χ1v) is 7.90. The highest BCUT2D eigenvalue weighted by molar-refractivity contribution is 5.82. The Hall–Kier alpha value is -1.53. The molecule has 0 radical (unpaired) electrons. The molecule has 6 heteroatoms. The Morgan fingerprint density at radius 2 is 2.04 bits per heavy atom. The number of alkyl halides is 2. The molecule has 1 aliphatic heterocycles. The van der Waals surface area contributed by atoms with Gasteiger partial charge in [0.1, 0.15) is 0 Å². The minimum absolute atomic E-state index is 0.122. The van der Waals surface area contributed by atoms with Crippen LogP contribution in [0.25, 0.3) is 0 Å². The molecule has 2 atom stereocenters. The number of hydrogen-bond donors (Lipinski definition) is 3. The number of hydrogen-bond acceptors (Lipinski definition) is 3. The second-order valence-electron chi connectivity index (χ2n) is 6.87. The molecule has 1 heterocycles. The molecule has 1 fully saturated rings. The fourth-order valence-corrected chi connectivity index (χ4v) is 2.79. The summed E-state index contributed by atoms with van der Waals surface area (Å²) >= 11 is 0. The van der Waals surface area contributed by atoms with Crippen LogP contribution in [0.15, 0.2) is 30.3 Å². The molecule has 1 aliphatic rings.